The summed E-state index contributed by atoms with van der Waals surface area (Å²) in [7, 11) is 3.70. The molecule has 2 fully saturated rings. The fourth-order valence-corrected chi connectivity index (χ4v) is 10.2. The van der Waals surface area contributed by atoms with E-state index < -0.39 is 29.5 Å². The van der Waals surface area contributed by atoms with Crippen molar-refractivity contribution in [2.75, 3.05) is 46.9 Å². The lowest BCUT2D eigenvalue weighted by Crippen LogP contribution is -2.62. The maximum atomic E-state index is 14.7. The first-order chi connectivity index (χ1) is 30.1. The van der Waals surface area contributed by atoms with Crippen molar-refractivity contribution in [2.24, 2.45) is 17.3 Å². The van der Waals surface area contributed by atoms with Gasteiger partial charge in [0, 0.05) is 80.0 Å². The average Bonchev–Trinajstić information content (AvgIpc) is 3.84. The minimum atomic E-state index is -0.985. The second kappa shape index (κ2) is 19.5. The van der Waals surface area contributed by atoms with Gasteiger partial charge in [-0.3, -0.25) is 29.3 Å². The molecule has 7 rings (SSSR count). The first-order valence-electron chi connectivity index (χ1n) is 23.0. The lowest BCUT2D eigenvalue weighted by atomic mass is 9.84. The molecule has 3 N–H and O–H groups in total. The number of likely N-dealkylation sites (N-methyl/N-ethyl adjacent to an activating group) is 1. The Labute approximate surface area is 373 Å². The molecule has 3 aliphatic rings. The number of esters is 1. The number of hydrogen-bond acceptors (Lipinski definition) is 10. The zero-order chi connectivity index (χ0) is 45.2. The highest BCUT2D eigenvalue weighted by Crippen LogP contribution is 2.41. The highest BCUT2D eigenvalue weighted by molar-refractivity contribution is 5.95. The molecule has 13 heteroatoms. The molecule has 0 aliphatic carbocycles. The quantitative estimate of drug-likeness (QED) is 0.142. The summed E-state index contributed by atoms with van der Waals surface area (Å²) in [6.45, 7) is 19.3. The van der Waals surface area contributed by atoms with Gasteiger partial charge in [0.05, 0.1) is 24.9 Å². The first kappa shape index (κ1) is 46.2. The van der Waals surface area contributed by atoms with Gasteiger partial charge in [-0.25, -0.2) is 5.43 Å². The molecule has 0 spiro atoms. The number of carbonyl (C=O) groups is 3. The smallest absolute Gasteiger partial charge is 0.324 e. The number of methoxy groups -OCH3 is 1. The van der Waals surface area contributed by atoms with Crippen LogP contribution >= 0.6 is 0 Å². The normalized spacial score (nSPS) is 21.6. The number of pyridine rings is 1. The Morgan fingerprint density at radius 1 is 1.08 bits per heavy atom. The third kappa shape index (κ3) is 10.3. The van der Waals surface area contributed by atoms with E-state index in [-0.39, 0.29) is 36.5 Å². The number of fused-ring (bicyclic) bond motifs is 6. The molecule has 2 aromatic carbocycles. The fourth-order valence-electron chi connectivity index (χ4n) is 10.2. The van der Waals surface area contributed by atoms with Crippen LogP contribution in [0.15, 0.2) is 54.9 Å². The van der Waals surface area contributed by atoms with E-state index in [1.165, 1.54) is 5.01 Å². The number of hydrogen-bond donors (Lipinski definition) is 3. The summed E-state index contributed by atoms with van der Waals surface area (Å²) in [5.41, 5.74) is 10.3. The molecule has 0 saturated carbocycles. The second-order valence-corrected chi connectivity index (χ2v) is 19.6. The molecule has 0 radical (unpaired) electrons. The number of aryl methyl sites for hydroxylation is 1. The third-order valence-corrected chi connectivity index (χ3v) is 13.3. The second-order valence-electron chi connectivity index (χ2n) is 19.6. The van der Waals surface area contributed by atoms with Gasteiger partial charge in [-0.1, -0.05) is 39.8 Å². The van der Waals surface area contributed by atoms with Crippen LogP contribution in [0.3, 0.4) is 0 Å². The van der Waals surface area contributed by atoms with E-state index in [0.29, 0.717) is 56.5 Å². The van der Waals surface area contributed by atoms with Gasteiger partial charge in [0.1, 0.15) is 17.8 Å². The number of carbonyl (C=O) groups excluding carboxylic acids is 3. The number of likely N-dealkylation sites (tertiary alicyclic amines) is 1. The van der Waals surface area contributed by atoms with Crippen molar-refractivity contribution in [2.45, 2.75) is 118 Å². The molecule has 5 heterocycles. The lowest BCUT2D eigenvalue weighted by Gasteiger charge is -2.37. The number of cyclic esters (lactones) is 1. The highest BCUT2D eigenvalue weighted by atomic mass is 16.5. The number of nitrogens with one attached hydrogen (secondary N) is 2. The molecule has 2 saturated heterocycles. The van der Waals surface area contributed by atoms with E-state index in [1.807, 2.05) is 39.2 Å². The molecular weight excluding hydrogens is 795 g/mol. The number of aromatic nitrogens is 2. The minimum absolute atomic E-state index is 0.0246. The van der Waals surface area contributed by atoms with Crippen molar-refractivity contribution in [3.8, 4) is 28.1 Å². The van der Waals surface area contributed by atoms with Gasteiger partial charge in [0.25, 0.3) is 5.91 Å². The van der Waals surface area contributed by atoms with E-state index in [9.17, 15) is 19.5 Å². The number of ether oxygens (including phenoxy) is 2. The van der Waals surface area contributed by atoms with Crippen LogP contribution in [0.4, 0.5) is 0 Å². The standard InChI is InChI=1S/C50H69N7O6/c1-10-56-44-14-13-35-24-39(44)40(46(56)41-26-51-17-15-36(41)29-62-9)25-50(6,7)30-63-49(61)42-12-11-18-57(53-42)48(60)43(22-34-20-37(35)23-38(58)21-34)52-47(59)45(31(2)3)54(8)27-33-16-19-55(28-33)32(4)5/h13-15,17,20-21,23-24,26,31-33,42-43,45,53,58H,10-12,16,18-19,22,25,27-30H2,1-9H3,(H,52,59)/t33-,42+,43?,45+/m1/s1. The summed E-state index contributed by atoms with van der Waals surface area (Å²) in [6.07, 6.45) is 6.57. The van der Waals surface area contributed by atoms with E-state index in [4.69, 9.17) is 9.47 Å². The zero-order valence-corrected chi connectivity index (χ0v) is 38.9. The number of aromatic hydroxyl groups is 1. The first-order valence-corrected chi connectivity index (χ1v) is 23.0. The molecule has 4 atom stereocenters. The third-order valence-electron chi connectivity index (χ3n) is 13.3. The number of benzene rings is 2. The number of phenolic OH excluding ortho intramolecular Hbond substituents is 1. The van der Waals surface area contributed by atoms with E-state index >= 15 is 0 Å². The Kier molecular flexibility index (Phi) is 14.3. The molecule has 13 nitrogen and oxygen atoms in total. The SMILES string of the molecule is CCn1c(-c2cnccc2COC)c2c3cc(ccc31)-c1cc(O)cc(c1)CC(NC(=O)[C@H](C(C)C)N(C)C[C@H]1CCN(C(C)C)C1)C(=O)N1CCC[C@H](N1)C(=O)OCC(C)(C)C2. The molecule has 63 heavy (non-hydrogen) atoms. The van der Waals surface area contributed by atoms with Crippen LogP contribution in [-0.4, -0.2) is 118 Å². The summed E-state index contributed by atoms with van der Waals surface area (Å²) < 4.78 is 14.1. The summed E-state index contributed by atoms with van der Waals surface area (Å²) in [5, 5.41) is 17.0. The maximum absolute atomic E-state index is 14.7. The van der Waals surface area contributed by atoms with Crippen LogP contribution < -0.4 is 10.7 Å². The van der Waals surface area contributed by atoms with Crippen LogP contribution in [0.5, 0.6) is 5.75 Å². The van der Waals surface area contributed by atoms with Crippen molar-refractivity contribution in [1.82, 2.24) is 35.1 Å². The van der Waals surface area contributed by atoms with Crippen molar-refractivity contribution in [3.05, 3.63) is 71.5 Å². The Morgan fingerprint density at radius 2 is 1.87 bits per heavy atom. The molecule has 3 aliphatic heterocycles. The average molecular weight is 864 g/mol. The molecule has 2 aromatic heterocycles. The van der Waals surface area contributed by atoms with Crippen molar-refractivity contribution < 1.29 is 29.0 Å². The Bertz CT molecular complexity index is 2290. The molecule has 2 amide bonds. The van der Waals surface area contributed by atoms with Crippen LogP contribution in [0.25, 0.3) is 33.3 Å². The molecular formula is C50H69N7O6. The molecule has 1 unspecified atom stereocenters. The van der Waals surface area contributed by atoms with E-state index in [0.717, 1.165) is 70.5 Å². The fraction of sp³-hybridized carbons (Fsp3) is 0.560. The predicted octanol–water partition coefficient (Wildman–Crippen LogP) is 6.58. The largest absolute Gasteiger partial charge is 0.508 e. The number of nitrogens with zero attached hydrogens (tertiary/aromatic N) is 5. The highest BCUT2D eigenvalue weighted by Gasteiger charge is 2.38. The van der Waals surface area contributed by atoms with Crippen LogP contribution in [0.2, 0.25) is 0 Å². The van der Waals surface area contributed by atoms with Gasteiger partial charge in [-0.2, -0.15) is 0 Å². The summed E-state index contributed by atoms with van der Waals surface area (Å²) in [5.74, 6) is -0.503. The monoisotopic (exact) mass is 864 g/mol. The van der Waals surface area contributed by atoms with Crippen molar-refractivity contribution in [1.29, 1.82) is 0 Å². The Morgan fingerprint density at radius 3 is 2.59 bits per heavy atom. The van der Waals surface area contributed by atoms with Crippen molar-refractivity contribution >= 4 is 28.7 Å². The van der Waals surface area contributed by atoms with Crippen LogP contribution in [-0.2, 0) is 49.9 Å². The summed E-state index contributed by atoms with van der Waals surface area (Å²) in [6, 6.07) is 12.1. The number of amides is 2. The van der Waals surface area contributed by atoms with Gasteiger partial charge in [-0.05, 0) is 130 Å². The van der Waals surface area contributed by atoms with Gasteiger partial charge >= 0.3 is 5.97 Å². The van der Waals surface area contributed by atoms with Crippen LogP contribution in [0.1, 0.15) is 84.4 Å². The summed E-state index contributed by atoms with van der Waals surface area (Å²) >= 11 is 0. The summed E-state index contributed by atoms with van der Waals surface area (Å²) in [4.78, 5) is 52.3. The van der Waals surface area contributed by atoms with Gasteiger partial charge < -0.3 is 29.4 Å². The number of phenols is 1. The van der Waals surface area contributed by atoms with Crippen molar-refractivity contribution in [3.63, 3.8) is 0 Å². The minimum Gasteiger partial charge on any atom is -0.508 e. The number of rotatable bonds is 11. The van der Waals surface area contributed by atoms with Crippen LogP contribution in [0, 0.1) is 17.3 Å². The molecule has 6 bridgehead atoms. The van der Waals surface area contributed by atoms with E-state index in [2.05, 4.69) is 82.9 Å². The van der Waals surface area contributed by atoms with E-state index in [1.54, 1.807) is 25.4 Å². The molecule has 340 valence electrons. The zero-order valence-electron chi connectivity index (χ0n) is 38.9. The number of hydrazine groups is 1. The Balaban J connectivity index is 1.30. The predicted molar refractivity (Wildman–Crippen MR) is 247 cm³/mol. The lowest BCUT2D eigenvalue weighted by molar-refractivity contribution is -0.155. The molecule has 4 aromatic rings. The van der Waals surface area contributed by atoms with Gasteiger partial charge in [-0.15, -0.1) is 0 Å². The Hall–Kier alpha value is -4.82. The maximum Gasteiger partial charge on any atom is 0.324 e. The van der Waals surface area contributed by atoms with Gasteiger partial charge in [0.15, 0.2) is 0 Å². The topological polar surface area (TPSA) is 141 Å². The van der Waals surface area contributed by atoms with Gasteiger partial charge in [0.2, 0.25) is 5.91 Å².